The second-order valence-electron chi connectivity index (χ2n) is 4.46. The first-order valence-electron chi connectivity index (χ1n) is 5.71. The quantitative estimate of drug-likeness (QED) is 0.781. The summed E-state index contributed by atoms with van der Waals surface area (Å²) >= 11 is 5.89. The summed E-state index contributed by atoms with van der Waals surface area (Å²) < 4.78 is 1.88. The van der Waals surface area contributed by atoms with Crippen LogP contribution in [0, 0.1) is 6.92 Å². The predicted octanol–water partition coefficient (Wildman–Crippen LogP) is 3.44. The standard InChI is InChI=1S/C13H16ClN3/c1-9(2)13-12(8-14)15-16-17(13)11-6-4-10(3)5-7-11/h4-7,9H,8H2,1-3H3. The van der Waals surface area contributed by atoms with E-state index in [0.717, 1.165) is 17.1 Å². The Balaban J connectivity index is 2.51. The summed E-state index contributed by atoms with van der Waals surface area (Å²) in [5.41, 5.74) is 4.21. The molecular weight excluding hydrogens is 234 g/mol. The van der Waals surface area contributed by atoms with Gasteiger partial charge >= 0.3 is 0 Å². The third-order valence-corrected chi connectivity index (χ3v) is 2.98. The molecule has 0 atom stereocenters. The minimum atomic E-state index is 0.347. The molecule has 1 heterocycles. The number of benzene rings is 1. The molecule has 1 aromatic heterocycles. The molecule has 0 aliphatic carbocycles. The van der Waals surface area contributed by atoms with Crippen LogP contribution in [0.3, 0.4) is 0 Å². The number of hydrogen-bond donors (Lipinski definition) is 0. The van der Waals surface area contributed by atoms with Crippen LogP contribution in [0.15, 0.2) is 24.3 Å². The van der Waals surface area contributed by atoms with Crippen LogP contribution in [0.4, 0.5) is 0 Å². The summed E-state index contributed by atoms with van der Waals surface area (Å²) in [6, 6.07) is 8.24. The highest BCUT2D eigenvalue weighted by atomic mass is 35.5. The van der Waals surface area contributed by atoms with E-state index in [2.05, 4.69) is 43.2 Å². The molecule has 0 bridgehead atoms. The maximum absolute atomic E-state index is 5.89. The number of aromatic nitrogens is 3. The van der Waals surface area contributed by atoms with Gasteiger partial charge in [0.1, 0.15) is 5.69 Å². The second kappa shape index (κ2) is 4.88. The van der Waals surface area contributed by atoms with Gasteiger partial charge in [0, 0.05) is 0 Å². The van der Waals surface area contributed by atoms with Gasteiger partial charge in [-0.25, -0.2) is 4.68 Å². The zero-order valence-electron chi connectivity index (χ0n) is 10.3. The zero-order chi connectivity index (χ0) is 12.4. The van der Waals surface area contributed by atoms with Gasteiger partial charge in [0.2, 0.25) is 0 Å². The summed E-state index contributed by atoms with van der Waals surface area (Å²) in [6.45, 7) is 6.32. The Morgan fingerprint density at radius 1 is 1.24 bits per heavy atom. The smallest absolute Gasteiger partial charge is 0.101 e. The maximum atomic E-state index is 5.89. The molecule has 0 N–H and O–H groups in total. The van der Waals surface area contributed by atoms with Crippen molar-refractivity contribution in [1.82, 2.24) is 15.0 Å². The van der Waals surface area contributed by atoms with Crippen molar-refractivity contribution >= 4 is 11.6 Å². The van der Waals surface area contributed by atoms with Gasteiger partial charge in [-0.15, -0.1) is 16.7 Å². The van der Waals surface area contributed by atoms with Gasteiger partial charge < -0.3 is 0 Å². The fourth-order valence-electron chi connectivity index (χ4n) is 1.87. The highest BCUT2D eigenvalue weighted by molar-refractivity contribution is 6.16. The number of hydrogen-bond acceptors (Lipinski definition) is 2. The van der Waals surface area contributed by atoms with Gasteiger partial charge in [0.05, 0.1) is 17.3 Å². The topological polar surface area (TPSA) is 30.7 Å². The van der Waals surface area contributed by atoms with Gasteiger partial charge in [-0.1, -0.05) is 36.8 Å². The minimum absolute atomic E-state index is 0.347. The Morgan fingerprint density at radius 2 is 1.88 bits per heavy atom. The first-order valence-corrected chi connectivity index (χ1v) is 6.24. The van der Waals surface area contributed by atoms with E-state index < -0.39 is 0 Å². The molecule has 0 aliphatic heterocycles. The van der Waals surface area contributed by atoms with Crippen LogP contribution in [0.5, 0.6) is 0 Å². The number of alkyl halides is 1. The minimum Gasteiger partial charge on any atom is -0.217 e. The van der Waals surface area contributed by atoms with E-state index in [-0.39, 0.29) is 0 Å². The molecule has 0 saturated heterocycles. The van der Waals surface area contributed by atoms with Crippen molar-refractivity contribution in [2.75, 3.05) is 0 Å². The number of rotatable bonds is 3. The average molecular weight is 250 g/mol. The number of halogens is 1. The molecule has 2 aromatic rings. The Kier molecular flexibility index (Phi) is 3.48. The van der Waals surface area contributed by atoms with E-state index in [1.165, 1.54) is 5.56 Å². The molecule has 0 unspecified atom stereocenters. The molecule has 17 heavy (non-hydrogen) atoms. The Bertz CT molecular complexity index is 500. The zero-order valence-corrected chi connectivity index (χ0v) is 11.1. The van der Waals surface area contributed by atoms with Gasteiger partial charge in [-0.3, -0.25) is 0 Å². The number of aryl methyl sites for hydroxylation is 1. The SMILES string of the molecule is Cc1ccc(-n2nnc(CCl)c2C(C)C)cc1. The third-order valence-electron chi connectivity index (χ3n) is 2.73. The lowest BCUT2D eigenvalue weighted by Gasteiger charge is -2.10. The Hall–Kier alpha value is -1.35. The van der Waals surface area contributed by atoms with Gasteiger partial charge in [-0.2, -0.15) is 0 Å². The van der Waals surface area contributed by atoms with Crippen molar-refractivity contribution in [1.29, 1.82) is 0 Å². The van der Waals surface area contributed by atoms with Gasteiger partial charge in [-0.05, 0) is 25.0 Å². The molecule has 0 saturated carbocycles. The van der Waals surface area contributed by atoms with Crippen LogP contribution in [0.1, 0.15) is 36.7 Å². The van der Waals surface area contributed by atoms with E-state index in [0.29, 0.717) is 11.8 Å². The molecule has 90 valence electrons. The van der Waals surface area contributed by atoms with E-state index in [1.807, 2.05) is 16.8 Å². The monoisotopic (exact) mass is 249 g/mol. The lowest BCUT2D eigenvalue weighted by atomic mass is 10.1. The van der Waals surface area contributed by atoms with Crippen LogP contribution in [-0.4, -0.2) is 15.0 Å². The summed E-state index contributed by atoms with van der Waals surface area (Å²) in [5, 5.41) is 8.33. The Labute approximate surface area is 106 Å². The average Bonchev–Trinajstić information content (AvgIpc) is 2.73. The summed E-state index contributed by atoms with van der Waals surface area (Å²) in [5.74, 6) is 0.749. The van der Waals surface area contributed by atoms with Crippen molar-refractivity contribution in [3.05, 3.63) is 41.2 Å². The summed E-state index contributed by atoms with van der Waals surface area (Å²) in [6.07, 6.45) is 0. The molecule has 4 heteroatoms. The summed E-state index contributed by atoms with van der Waals surface area (Å²) in [7, 11) is 0. The lowest BCUT2D eigenvalue weighted by Crippen LogP contribution is -2.05. The van der Waals surface area contributed by atoms with Gasteiger partial charge in [0.25, 0.3) is 0 Å². The van der Waals surface area contributed by atoms with Crippen molar-refractivity contribution in [3.8, 4) is 5.69 Å². The first-order chi connectivity index (χ1) is 8.13. The lowest BCUT2D eigenvalue weighted by molar-refractivity contribution is 0.714. The highest BCUT2D eigenvalue weighted by Crippen LogP contribution is 2.22. The van der Waals surface area contributed by atoms with E-state index >= 15 is 0 Å². The van der Waals surface area contributed by atoms with Crippen molar-refractivity contribution in [3.63, 3.8) is 0 Å². The maximum Gasteiger partial charge on any atom is 0.101 e. The van der Waals surface area contributed by atoms with Gasteiger partial charge in [0.15, 0.2) is 0 Å². The first kappa shape index (κ1) is 12.1. The second-order valence-corrected chi connectivity index (χ2v) is 4.72. The van der Waals surface area contributed by atoms with Crippen molar-refractivity contribution < 1.29 is 0 Å². The van der Waals surface area contributed by atoms with Crippen LogP contribution < -0.4 is 0 Å². The molecule has 0 amide bonds. The Morgan fingerprint density at radius 3 is 2.41 bits per heavy atom. The molecule has 0 fully saturated rings. The molecule has 0 radical (unpaired) electrons. The largest absolute Gasteiger partial charge is 0.217 e. The molecule has 0 aliphatic rings. The van der Waals surface area contributed by atoms with E-state index in [9.17, 15) is 0 Å². The van der Waals surface area contributed by atoms with E-state index in [4.69, 9.17) is 11.6 Å². The molecular formula is C13H16ClN3. The molecule has 1 aromatic carbocycles. The third kappa shape index (κ3) is 2.34. The fraction of sp³-hybridized carbons (Fsp3) is 0.385. The van der Waals surface area contributed by atoms with Crippen molar-refractivity contribution in [2.24, 2.45) is 0 Å². The molecule has 2 rings (SSSR count). The summed E-state index contributed by atoms with van der Waals surface area (Å²) in [4.78, 5) is 0. The van der Waals surface area contributed by atoms with Crippen LogP contribution in [-0.2, 0) is 5.88 Å². The van der Waals surface area contributed by atoms with Crippen LogP contribution in [0.25, 0.3) is 5.69 Å². The van der Waals surface area contributed by atoms with Crippen molar-refractivity contribution in [2.45, 2.75) is 32.6 Å². The van der Waals surface area contributed by atoms with Crippen LogP contribution >= 0.6 is 11.6 Å². The normalized spacial score (nSPS) is 11.1. The molecule has 0 spiro atoms. The fourth-order valence-corrected chi connectivity index (χ4v) is 2.06. The van der Waals surface area contributed by atoms with E-state index in [1.54, 1.807) is 0 Å². The predicted molar refractivity (Wildman–Crippen MR) is 69.7 cm³/mol. The highest BCUT2D eigenvalue weighted by Gasteiger charge is 2.16. The molecule has 3 nitrogen and oxygen atoms in total. The number of nitrogens with zero attached hydrogens (tertiary/aromatic N) is 3. The van der Waals surface area contributed by atoms with Crippen LogP contribution in [0.2, 0.25) is 0 Å².